The quantitative estimate of drug-likeness (QED) is 0.231. The number of fused-ring (bicyclic) bond motifs is 1. The minimum atomic E-state index is -3.48. The summed E-state index contributed by atoms with van der Waals surface area (Å²) in [5, 5.41) is 11.5. The Morgan fingerprint density at radius 3 is 2.50 bits per heavy atom. The number of rotatable bonds is 9. The summed E-state index contributed by atoms with van der Waals surface area (Å²) in [5.74, 6) is 0. The highest BCUT2D eigenvalue weighted by atomic mass is 31.2. The van der Waals surface area contributed by atoms with Gasteiger partial charge in [-0.05, 0) is 19.9 Å². The third-order valence-corrected chi connectivity index (χ3v) is 6.35. The molecule has 1 N–H and O–H groups in total. The lowest BCUT2D eigenvalue weighted by Gasteiger charge is -2.18. The van der Waals surface area contributed by atoms with E-state index in [2.05, 4.69) is 9.97 Å². The zero-order valence-electron chi connectivity index (χ0n) is 16.3. The van der Waals surface area contributed by atoms with Gasteiger partial charge in [-0.3, -0.25) is 24.3 Å². The molecular weight excluding hydrogens is 417 g/mol. The smallest absolute Gasteiger partial charge is 0.316 e. The van der Waals surface area contributed by atoms with Gasteiger partial charge in [0.15, 0.2) is 0 Å². The van der Waals surface area contributed by atoms with Crippen molar-refractivity contribution in [2.45, 2.75) is 20.4 Å². The van der Waals surface area contributed by atoms with Crippen LogP contribution in [0.1, 0.15) is 13.8 Å². The van der Waals surface area contributed by atoms with E-state index < -0.39 is 23.6 Å². The lowest BCUT2D eigenvalue weighted by molar-refractivity contribution is -0.384. The number of hydrogen-bond acceptors (Lipinski definition) is 8. The maximum absolute atomic E-state index is 12.8. The van der Waals surface area contributed by atoms with Gasteiger partial charge in [-0.15, -0.1) is 0 Å². The molecule has 12 nitrogen and oxygen atoms in total. The van der Waals surface area contributed by atoms with Gasteiger partial charge in [0, 0.05) is 25.0 Å². The fourth-order valence-corrected chi connectivity index (χ4v) is 4.62. The SMILES string of the molecule is CCOP(=O)(CCn1c(=O)c(=O)[nH]c2cc([N+](=O)[O-])c(-n3ccnc3)cc21)OCC. The molecule has 0 aliphatic rings. The molecule has 0 saturated heterocycles. The average Bonchev–Trinajstić information content (AvgIpc) is 3.22. The highest BCUT2D eigenvalue weighted by Gasteiger charge is 2.25. The van der Waals surface area contributed by atoms with E-state index in [1.165, 1.54) is 35.4 Å². The monoisotopic (exact) mass is 437 g/mol. The van der Waals surface area contributed by atoms with Gasteiger partial charge in [0.25, 0.3) is 5.69 Å². The number of hydrogen-bond donors (Lipinski definition) is 1. The Kier molecular flexibility index (Phi) is 6.30. The molecular formula is C17H20N5O7P. The number of nitrogens with one attached hydrogen (secondary N) is 1. The molecule has 160 valence electrons. The van der Waals surface area contributed by atoms with E-state index in [0.29, 0.717) is 0 Å². The third kappa shape index (κ3) is 4.25. The van der Waals surface area contributed by atoms with Crippen molar-refractivity contribution < 1.29 is 18.5 Å². The van der Waals surface area contributed by atoms with E-state index in [0.717, 1.165) is 4.57 Å². The van der Waals surface area contributed by atoms with Crippen LogP contribution in [0.15, 0.2) is 40.4 Å². The largest absolute Gasteiger partial charge is 0.332 e. The minimum absolute atomic E-state index is 0.0952. The number of H-pyrrole nitrogens is 1. The molecule has 30 heavy (non-hydrogen) atoms. The number of benzene rings is 1. The van der Waals surface area contributed by atoms with Gasteiger partial charge in [0.2, 0.25) is 0 Å². The van der Waals surface area contributed by atoms with E-state index in [4.69, 9.17) is 9.05 Å². The standard InChI is InChI=1S/C17H20N5O7P/c1-3-28-30(27,29-4-2)8-7-21-13-10-14(20-6-5-18-11-20)15(22(25)26)9-12(13)19-16(23)17(21)24/h5-6,9-11H,3-4,7-8H2,1-2H3,(H,19,23). The predicted molar refractivity (Wildman–Crippen MR) is 108 cm³/mol. The van der Waals surface area contributed by atoms with Crippen LogP contribution in [-0.2, 0) is 20.2 Å². The Bertz CT molecular complexity index is 1220. The molecule has 2 aromatic heterocycles. The van der Waals surface area contributed by atoms with Gasteiger partial charge < -0.3 is 23.2 Å². The number of nitro groups is 1. The molecule has 2 heterocycles. The molecule has 0 unspecified atom stereocenters. The van der Waals surface area contributed by atoms with Gasteiger partial charge >= 0.3 is 18.7 Å². The van der Waals surface area contributed by atoms with Crippen LogP contribution < -0.4 is 11.1 Å². The van der Waals surface area contributed by atoms with Crippen molar-refractivity contribution in [1.82, 2.24) is 19.1 Å². The molecule has 0 aliphatic carbocycles. The number of imidazole rings is 1. The lowest BCUT2D eigenvalue weighted by Crippen LogP contribution is -2.37. The van der Waals surface area contributed by atoms with Crippen LogP contribution in [0.4, 0.5) is 5.69 Å². The average molecular weight is 437 g/mol. The second-order valence-corrected chi connectivity index (χ2v) is 8.35. The van der Waals surface area contributed by atoms with Crippen LogP contribution in [0, 0.1) is 10.1 Å². The second-order valence-electron chi connectivity index (χ2n) is 6.17. The summed E-state index contributed by atoms with van der Waals surface area (Å²) >= 11 is 0. The van der Waals surface area contributed by atoms with E-state index in [9.17, 15) is 24.3 Å². The third-order valence-electron chi connectivity index (χ3n) is 4.30. The van der Waals surface area contributed by atoms with Gasteiger partial charge in [-0.25, -0.2) is 4.98 Å². The van der Waals surface area contributed by atoms with E-state index in [-0.39, 0.29) is 48.3 Å². The Hall–Kier alpha value is -3.08. The summed E-state index contributed by atoms with van der Waals surface area (Å²) < 4.78 is 25.8. The minimum Gasteiger partial charge on any atom is -0.316 e. The zero-order chi connectivity index (χ0) is 21.9. The number of aromatic amines is 1. The number of aryl methyl sites for hydroxylation is 1. The predicted octanol–water partition coefficient (Wildman–Crippen LogP) is 2.05. The molecule has 3 aromatic rings. The molecule has 0 atom stereocenters. The van der Waals surface area contributed by atoms with Gasteiger partial charge in [-0.2, -0.15) is 0 Å². The highest BCUT2D eigenvalue weighted by Crippen LogP contribution is 2.47. The number of aromatic nitrogens is 4. The molecule has 0 aliphatic heterocycles. The summed E-state index contributed by atoms with van der Waals surface area (Å²) in [4.78, 5) is 41.8. The van der Waals surface area contributed by atoms with Crippen molar-refractivity contribution in [2.24, 2.45) is 0 Å². The molecule has 1 aromatic carbocycles. The zero-order valence-corrected chi connectivity index (χ0v) is 17.2. The Morgan fingerprint density at radius 2 is 1.93 bits per heavy atom. The topological polar surface area (TPSA) is 151 Å². The van der Waals surface area contributed by atoms with Crippen molar-refractivity contribution in [1.29, 1.82) is 0 Å². The van der Waals surface area contributed by atoms with Crippen molar-refractivity contribution in [2.75, 3.05) is 19.4 Å². The van der Waals surface area contributed by atoms with Crippen molar-refractivity contribution >= 4 is 24.3 Å². The Balaban J connectivity index is 2.18. The van der Waals surface area contributed by atoms with Crippen molar-refractivity contribution in [3.63, 3.8) is 0 Å². The highest BCUT2D eigenvalue weighted by molar-refractivity contribution is 7.53. The molecule has 0 saturated carbocycles. The Morgan fingerprint density at radius 1 is 1.23 bits per heavy atom. The first kappa shape index (κ1) is 21.6. The van der Waals surface area contributed by atoms with Crippen LogP contribution in [0.2, 0.25) is 0 Å². The normalized spacial score (nSPS) is 11.8. The van der Waals surface area contributed by atoms with Crippen LogP contribution >= 0.6 is 7.60 Å². The molecule has 0 amide bonds. The van der Waals surface area contributed by atoms with Crippen molar-refractivity contribution in [3.05, 3.63) is 61.7 Å². The maximum atomic E-state index is 12.8. The van der Waals surface area contributed by atoms with E-state index >= 15 is 0 Å². The number of nitrogens with zero attached hydrogens (tertiary/aromatic N) is 4. The van der Waals surface area contributed by atoms with Crippen LogP contribution in [0.3, 0.4) is 0 Å². The first-order valence-corrected chi connectivity index (χ1v) is 10.8. The van der Waals surface area contributed by atoms with Crippen LogP contribution in [0.5, 0.6) is 0 Å². The second kappa shape index (κ2) is 8.74. The van der Waals surface area contributed by atoms with Gasteiger partial charge in [0.1, 0.15) is 5.69 Å². The lowest BCUT2D eigenvalue weighted by atomic mass is 10.2. The summed E-state index contributed by atoms with van der Waals surface area (Å²) in [7, 11) is -3.48. The Labute approximate surface area is 169 Å². The van der Waals surface area contributed by atoms with Crippen LogP contribution in [-0.4, -0.2) is 43.4 Å². The maximum Gasteiger partial charge on any atom is 0.332 e. The molecule has 3 rings (SSSR count). The van der Waals surface area contributed by atoms with Gasteiger partial charge in [-0.1, -0.05) is 0 Å². The van der Waals surface area contributed by atoms with E-state index in [1.807, 2.05) is 0 Å². The first-order chi connectivity index (χ1) is 14.3. The molecule has 0 bridgehead atoms. The van der Waals surface area contributed by atoms with Gasteiger partial charge in [0.05, 0.1) is 41.7 Å². The van der Waals surface area contributed by atoms with Crippen molar-refractivity contribution in [3.8, 4) is 5.69 Å². The summed E-state index contributed by atoms with van der Waals surface area (Å²) in [6.45, 7) is 3.49. The molecule has 0 fully saturated rings. The first-order valence-electron chi connectivity index (χ1n) is 9.11. The van der Waals surface area contributed by atoms with Crippen LogP contribution in [0.25, 0.3) is 16.7 Å². The fourth-order valence-electron chi connectivity index (χ4n) is 3.06. The molecule has 0 radical (unpaired) electrons. The summed E-state index contributed by atoms with van der Waals surface area (Å²) in [6.07, 6.45) is 4.19. The fraction of sp³-hybridized carbons (Fsp3) is 0.353. The number of nitro benzene ring substituents is 1. The summed E-state index contributed by atoms with van der Waals surface area (Å²) in [6, 6.07) is 2.57. The van der Waals surface area contributed by atoms with E-state index in [1.54, 1.807) is 13.8 Å². The summed E-state index contributed by atoms with van der Waals surface area (Å²) in [5.41, 5.74) is -1.63. The molecule has 13 heteroatoms. The molecule has 0 spiro atoms.